The summed E-state index contributed by atoms with van der Waals surface area (Å²) in [5.41, 5.74) is 6.60. The maximum atomic E-state index is 9.98. The van der Waals surface area contributed by atoms with E-state index in [1.54, 1.807) is 0 Å². The largest absolute Gasteiger partial charge is 0.491 e. The molecule has 21 heavy (non-hydrogen) atoms. The Labute approximate surface area is 127 Å². The summed E-state index contributed by atoms with van der Waals surface area (Å²) in [5.74, 6) is 0.739. The van der Waals surface area contributed by atoms with E-state index in [-0.39, 0.29) is 13.2 Å². The summed E-state index contributed by atoms with van der Waals surface area (Å²) in [4.78, 5) is 2.09. The minimum Gasteiger partial charge on any atom is -0.491 e. The van der Waals surface area contributed by atoms with E-state index in [1.165, 1.54) is 0 Å². The van der Waals surface area contributed by atoms with Gasteiger partial charge in [-0.2, -0.15) is 0 Å². The molecule has 0 bridgehead atoms. The van der Waals surface area contributed by atoms with Crippen molar-refractivity contribution in [2.24, 2.45) is 5.73 Å². The summed E-state index contributed by atoms with van der Waals surface area (Å²) in [6.07, 6.45) is 2.37. The predicted octanol–water partition coefficient (Wildman–Crippen LogP) is 0.979. The lowest BCUT2D eigenvalue weighted by Crippen LogP contribution is -2.33. The topological polar surface area (TPSA) is 79.0 Å². The van der Waals surface area contributed by atoms with Crippen molar-refractivity contribution >= 4 is 0 Å². The van der Waals surface area contributed by atoms with Gasteiger partial charge in [-0.3, -0.25) is 0 Å². The van der Waals surface area contributed by atoms with Gasteiger partial charge in [-0.25, -0.2) is 0 Å². The number of hydrogen-bond donors (Lipinski definition) is 3. The van der Waals surface area contributed by atoms with E-state index in [9.17, 15) is 5.11 Å². The highest BCUT2D eigenvalue weighted by Gasteiger charge is 2.09. The number of ether oxygens (including phenoxy) is 1. The zero-order chi connectivity index (χ0) is 15.5. The molecule has 120 valence electrons. The van der Waals surface area contributed by atoms with E-state index < -0.39 is 6.10 Å². The standard InChI is InChI=1S/C16H28N2O3/c1-18(8-3-2-4-9-19)12-15(20)13-21-16-7-5-6-14(10-16)11-17/h5-7,10,15,19-20H,2-4,8-9,11-13,17H2,1H3. The maximum Gasteiger partial charge on any atom is 0.119 e. The number of nitrogens with zero attached hydrogens (tertiary/aromatic N) is 1. The Balaban J connectivity index is 2.21. The number of aliphatic hydroxyl groups is 2. The quantitative estimate of drug-likeness (QED) is 0.531. The first kappa shape index (κ1) is 17.9. The number of nitrogens with two attached hydrogens (primary N) is 1. The first-order chi connectivity index (χ1) is 10.2. The third-order valence-electron chi connectivity index (χ3n) is 3.30. The summed E-state index contributed by atoms with van der Waals surface area (Å²) in [5, 5.41) is 18.7. The zero-order valence-corrected chi connectivity index (χ0v) is 12.9. The molecule has 0 radical (unpaired) electrons. The van der Waals surface area contributed by atoms with Crippen LogP contribution in [0.25, 0.3) is 0 Å². The molecule has 0 spiro atoms. The zero-order valence-electron chi connectivity index (χ0n) is 12.9. The Morgan fingerprint density at radius 1 is 1.29 bits per heavy atom. The number of aliphatic hydroxyl groups excluding tert-OH is 2. The summed E-state index contributed by atoms with van der Waals surface area (Å²) in [6.45, 7) is 2.50. The summed E-state index contributed by atoms with van der Waals surface area (Å²) in [6, 6.07) is 7.61. The molecule has 0 aliphatic carbocycles. The maximum absolute atomic E-state index is 9.98. The van der Waals surface area contributed by atoms with Crippen molar-refractivity contribution < 1.29 is 14.9 Å². The molecule has 4 N–H and O–H groups in total. The van der Waals surface area contributed by atoms with Crippen LogP contribution in [0.4, 0.5) is 0 Å². The van der Waals surface area contributed by atoms with Crippen LogP contribution in [-0.2, 0) is 6.54 Å². The predicted molar refractivity (Wildman–Crippen MR) is 84.3 cm³/mol. The number of unbranched alkanes of at least 4 members (excludes halogenated alkanes) is 2. The Kier molecular flexibility index (Phi) is 9.01. The van der Waals surface area contributed by atoms with Gasteiger partial charge in [0.2, 0.25) is 0 Å². The van der Waals surface area contributed by atoms with Crippen LogP contribution in [0.5, 0.6) is 5.75 Å². The Morgan fingerprint density at radius 2 is 2.10 bits per heavy atom. The van der Waals surface area contributed by atoms with E-state index in [0.717, 1.165) is 37.1 Å². The van der Waals surface area contributed by atoms with Crippen molar-refractivity contribution in [3.63, 3.8) is 0 Å². The SMILES string of the molecule is CN(CCCCCO)CC(O)COc1cccc(CN)c1. The van der Waals surface area contributed by atoms with Gasteiger partial charge in [0.1, 0.15) is 18.5 Å². The van der Waals surface area contributed by atoms with Gasteiger partial charge in [-0.05, 0) is 50.6 Å². The van der Waals surface area contributed by atoms with Crippen LogP contribution in [0.15, 0.2) is 24.3 Å². The molecule has 0 fully saturated rings. The van der Waals surface area contributed by atoms with Crippen molar-refractivity contribution in [3.8, 4) is 5.75 Å². The van der Waals surface area contributed by atoms with Gasteiger partial charge >= 0.3 is 0 Å². The lowest BCUT2D eigenvalue weighted by Gasteiger charge is -2.20. The molecule has 0 aromatic heterocycles. The molecular weight excluding hydrogens is 268 g/mol. The first-order valence-electron chi connectivity index (χ1n) is 7.55. The number of rotatable bonds is 11. The summed E-state index contributed by atoms with van der Waals surface area (Å²) < 4.78 is 5.59. The molecular formula is C16H28N2O3. The molecule has 5 nitrogen and oxygen atoms in total. The first-order valence-corrected chi connectivity index (χ1v) is 7.55. The Morgan fingerprint density at radius 3 is 2.81 bits per heavy atom. The fourth-order valence-electron chi connectivity index (χ4n) is 2.13. The molecule has 1 atom stereocenters. The van der Waals surface area contributed by atoms with Crippen LogP contribution in [0.2, 0.25) is 0 Å². The fraction of sp³-hybridized carbons (Fsp3) is 0.625. The van der Waals surface area contributed by atoms with Crippen molar-refractivity contribution in [1.82, 2.24) is 4.90 Å². The highest BCUT2D eigenvalue weighted by molar-refractivity contribution is 5.28. The van der Waals surface area contributed by atoms with E-state index in [0.29, 0.717) is 13.1 Å². The molecule has 0 saturated heterocycles. The second kappa shape index (κ2) is 10.6. The monoisotopic (exact) mass is 296 g/mol. The van der Waals surface area contributed by atoms with E-state index in [2.05, 4.69) is 4.90 Å². The number of likely N-dealkylation sites (N-methyl/N-ethyl adjacent to an activating group) is 1. The van der Waals surface area contributed by atoms with Crippen LogP contribution in [-0.4, -0.2) is 54.6 Å². The van der Waals surface area contributed by atoms with Crippen LogP contribution >= 0.6 is 0 Å². The minimum absolute atomic E-state index is 0.252. The summed E-state index contributed by atoms with van der Waals surface area (Å²) in [7, 11) is 1.98. The molecule has 1 aromatic rings. The van der Waals surface area contributed by atoms with E-state index in [1.807, 2.05) is 31.3 Å². The van der Waals surface area contributed by atoms with Gasteiger partial charge in [-0.15, -0.1) is 0 Å². The van der Waals surface area contributed by atoms with Crippen molar-refractivity contribution in [2.75, 3.05) is 33.4 Å². The third-order valence-corrected chi connectivity index (χ3v) is 3.30. The summed E-state index contributed by atoms with van der Waals surface area (Å²) >= 11 is 0. The van der Waals surface area contributed by atoms with Crippen molar-refractivity contribution in [3.05, 3.63) is 29.8 Å². The van der Waals surface area contributed by atoms with Crippen molar-refractivity contribution in [1.29, 1.82) is 0 Å². The molecule has 1 unspecified atom stereocenters. The lowest BCUT2D eigenvalue weighted by atomic mass is 10.2. The average Bonchev–Trinajstić information content (AvgIpc) is 2.50. The van der Waals surface area contributed by atoms with E-state index >= 15 is 0 Å². The highest BCUT2D eigenvalue weighted by atomic mass is 16.5. The molecule has 1 aromatic carbocycles. The fourth-order valence-corrected chi connectivity index (χ4v) is 2.13. The van der Waals surface area contributed by atoms with Gasteiger partial charge in [0.25, 0.3) is 0 Å². The number of hydrogen-bond acceptors (Lipinski definition) is 5. The molecule has 0 saturated carbocycles. The Bertz CT molecular complexity index is 388. The normalized spacial score (nSPS) is 12.6. The third kappa shape index (κ3) is 8.02. The second-order valence-electron chi connectivity index (χ2n) is 5.36. The second-order valence-corrected chi connectivity index (χ2v) is 5.36. The average molecular weight is 296 g/mol. The highest BCUT2D eigenvalue weighted by Crippen LogP contribution is 2.13. The van der Waals surface area contributed by atoms with Gasteiger partial charge in [0.05, 0.1) is 0 Å². The van der Waals surface area contributed by atoms with Crippen LogP contribution < -0.4 is 10.5 Å². The molecule has 0 aliphatic rings. The number of benzene rings is 1. The van der Waals surface area contributed by atoms with Gasteiger partial charge < -0.3 is 25.6 Å². The van der Waals surface area contributed by atoms with Crippen LogP contribution in [0.3, 0.4) is 0 Å². The Hall–Kier alpha value is -1.14. The van der Waals surface area contributed by atoms with E-state index in [4.69, 9.17) is 15.6 Å². The molecule has 5 heteroatoms. The smallest absolute Gasteiger partial charge is 0.119 e. The molecule has 0 amide bonds. The van der Waals surface area contributed by atoms with Gasteiger partial charge in [-0.1, -0.05) is 12.1 Å². The lowest BCUT2D eigenvalue weighted by molar-refractivity contribution is 0.0757. The van der Waals surface area contributed by atoms with Crippen LogP contribution in [0, 0.1) is 0 Å². The minimum atomic E-state index is -0.519. The van der Waals surface area contributed by atoms with Gasteiger partial charge in [0, 0.05) is 19.7 Å². The molecule has 0 heterocycles. The van der Waals surface area contributed by atoms with Crippen LogP contribution in [0.1, 0.15) is 24.8 Å². The molecule has 0 aliphatic heterocycles. The van der Waals surface area contributed by atoms with Gasteiger partial charge in [0.15, 0.2) is 0 Å². The van der Waals surface area contributed by atoms with Crippen molar-refractivity contribution in [2.45, 2.75) is 31.9 Å². The molecule has 1 rings (SSSR count).